The van der Waals surface area contributed by atoms with Gasteiger partial charge < -0.3 is 23.1 Å². The highest BCUT2D eigenvalue weighted by atomic mass is 16.3. The molecule has 0 saturated carbocycles. The van der Waals surface area contributed by atoms with E-state index < -0.39 is 0 Å². The number of fused-ring (bicyclic) bond motifs is 13. The monoisotopic (exact) mass is 962 g/mol. The summed E-state index contributed by atoms with van der Waals surface area (Å²) >= 11 is 0. The van der Waals surface area contributed by atoms with Gasteiger partial charge in [-0.3, -0.25) is 0 Å². The van der Waals surface area contributed by atoms with Crippen molar-refractivity contribution in [2.75, 3.05) is 9.80 Å². The Morgan fingerprint density at radius 2 is 0.653 bits per heavy atom. The third kappa shape index (κ3) is 6.71. The zero-order chi connectivity index (χ0) is 49.7. The second kappa shape index (κ2) is 16.9. The van der Waals surface area contributed by atoms with Crippen LogP contribution < -0.4 is 9.80 Å². The number of hydrogen-bond acceptors (Lipinski definition) is 5. The lowest BCUT2D eigenvalue weighted by Gasteiger charge is -2.26. The first-order chi connectivity index (χ1) is 37.0. The Labute approximate surface area is 432 Å². The van der Waals surface area contributed by atoms with Crippen molar-refractivity contribution in [1.29, 1.82) is 0 Å². The number of anilines is 6. The molecule has 12 aromatic carbocycles. The van der Waals surface area contributed by atoms with Gasteiger partial charge in [0.1, 0.15) is 22.3 Å². The van der Waals surface area contributed by atoms with Crippen molar-refractivity contribution in [3.05, 3.63) is 254 Å². The van der Waals surface area contributed by atoms with Gasteiger partial charge in [-0.05, 0) is 130 Å². The summed E-state index contributed by atoms with van der Waals surface area (Å²) in [5.74, 6) is 0. The molecule has 0 saturated heterocycles. The summed E-state index contributed by atoms with van der Waals surface area (Å²) in [5, 5.41) is 11.0. The molecule has 0 bridgehead atoms. The first-order valence-corrected chi connectivity index (χ1v) is 25.6. The molecule has 0 atom stereocenters. The summed E-state index contributed by atoms with van der Waals surface area (Å²) in [6.45, 7) is 4.32. The largest absolute Gasteiger partial charge is 0.456 e. The molecule has 3 aromatic heterocycles. The average molecular weight is 963 g/mol. The van der Waals surface area contributed by atoms with Gasteiger partial charge in [-0.2, -0.15) is 0 Å². The summed E-state index contributed by atoms with van der Waals surface area (Å²) in [6.07, 6.45) is 0. The van der Waals surface area contributed by atoms with Crippen molar-refractivity contribution in [3.8, 4) is 22.3 Å². The summed E-state index contributed by atoms with van der Waals surface area (Å²) in [4.78, 5) is 4.64. The molecule has 0 amide bonds. The Balaban J connectivity index is 0.877. The molecule has 354 valence electrons. The van der Waals surface area contributed by atoms with Crippen LogP contribution in [0.3, 0.4) is 0 Å². The smallest absolute Gasteiger partial charge is 0.159 e. The van der Waals surface area contributed by atoms with Crippen LogP contribution in [-0.4, -0.2) is 0 Å². The van der Waals surface area contributed by atoms with Crippen LogP contribution in [0.5, 0.6) is 0 Å². The highest BCUT2D eigenvalue weighted by molar-refractivity contribution is 6.27. The Morgan fingerprint density at radius 3 is 1.09 bits per heavy atom. The van der Waals surface area contributed by atoms with Crippen LogP contribution in [0.2, 0.25) is 0 Å². The quantitative estimate of drug-likeness (QED) is 0.152. The minimum atomic E-state index is 0.840. The van der Waals surface area contributed by atoms with Crippen LogP contribution in [-0.2, 0) is 0 Å². The maximum absolute atomic E-state index is 7.04. The van der Waals surface area contributed by atoms with E-state index in [1.54, 1.807) is 0 Å². The van der Waals surface area contributed by atoms with E-state index in [0.717, 1.165) is 133 Å². The van der Waals surface area contributed by atoms with Crippen molar-refractivity contribution in [2.24, 2.45) is 0 Å². The minimum absolute atomic E-state index is 0.840. The van der Waals surface area contributed by atoms with Crippen molar-refractivity contribution >= 4 is 121 Å². The maximum Gasteiger partial charge on any atom is 0.159 e. The van der Waals surface area contributed by atoms with Gasteiger partial charge in [0.2, 0.25) is 0 Å². The normalized spacial score (nSPS) is 11.9. The lowest BCUT2D eigenvalue weighted by Crippen LogP contribution is -2.10. The summed E-state index contributed by atoms with van der Waals surface area (Å²) < 4.78 is 20.8. The zero-order valence-corrected chi connectivity index (χ0v) is 41.2. The van der Waals surface area contributed by atoms with Gasteiger partial charge in [0, 0.05) is 66.2 Å². The van der Waals surface area contributed by atoms with Gasteiger partial charge in [-0.15, -0.1) is 0 Å². The molecule has 0 aliphatic heterocycles. The van der Waals surface area contributed by atoms with Crippen LogP contribution >= 0.6 is 0 Å². The van der Waals surface area contributed by atoms with Gasteiger partial charge in [0.15, 0.2) is 11.2 Å². The van der Waals surface area contributed by atoms with E-state index in [-0.39, 0.29) is 0 Å². The topological polar surface area (TPSA) is 45.9 Å². The maximum atomic E-state index is 7.04. The average Bonchev–Trinajstić information content (AvgIpc) is 4.20. The van der Waals surface area contributed by atoms with Crippen molar-refractivity contribution < 1.29 is 13.3 Å². The van der Waals surface area contributed by atoms with Gasteiger partial charge in [0.25, 0.3) is 0 Å². The predicted octanol–water partition coefficient (Wildman–Crippen LogP) is 20.6. The Bertz CT molecular complexity index is 4450. The molecule has 0 fully saturated rings. The lowest BCUT2D eigenvalue weighted by atomic mass is 9.98. The van der Waals surface area contributed by atoms with Gasteiger partial charge in [-0.25, -0.2) is 0 Å². The van der Waals surface area contributed by atoms with Crippen LogP contribution in [0.1, 0.15) is 11.1 Å². The highest BCUT2D eigenvalue weighted by Crippen LogP contribution is 2.49. The zero-order valence-electron chi connectivity index (χ0n) is 41.2. The molecule has 3 heterocycles. The fraction of sp³-hybridized carbons (Fsp3) is 0.0286. The SMILES string of the molecule is Cc1ccccc1-c1cccc2c1oc1c(N(c3ccccc3)c3ccc4c(ccc5oc6ccc7cc(N(c8ccccc8)c8cccc9c8oc8c(-c%10ccccc%10C)cccc89)ccc7c6c54)c3)cccc12. The van der Waals surface area contributed by atoms with E-state index in [4.69, 9.17) is 13.3 Å². The number of furan rings is 3. The molecule has 0 aliphatic rings. The van der Waals surface area contributed by atoms with E-state index in [0.29, 0.717) is 0 Å². The van der Waals surface area contributed by atoms with Crippen molar-refractivity contribution in [3.63, 3.8) is 0 Å². The van der Waals surface area contributed by atoms with Crippen LogP contribution in [0, 0.1) is 13.8 Å². The van der Waals surface area contributed by atoms with Crippen LogP contribution in [0.15, 0.2) is 256 Å². The molecule has 0 spiro atoms. The Morgan fingerprint density at radius 1 is 0.267 bits per heavy atom. The van der Waals surface area contributed by atoms with E-state index >= 15 is 0 Å². The summed E-state index contributed by atoms with van der Waals surface area (Å²) in [6, 6.07) is 86.3. The molecule has 0 aliphatic carbocycles. The van der Waals surface area contributed by atoms with Gasteiger partial charge in [0.05, 0.1) is 11.4 Å². The Kier molecular flexibility index (Phi) is 9.63. The van der Waals surface area contributed by atoms with Crippen LogP contribution in [0.25, 0.3) is 110 Å². The van der Waals surface area contributed by atoms with E-state index in [2.05, 4.69) is 266 Å². The highest BCUT2D eigenvalue weighted by Gasteiger charge is 2.25. The first kappa shape index (κ1) is 42.8. The molecule has 0 N–H and O–H groups in total. The minimum Gasteiger partial charge on any atom is -0.456 e. The number of para-hydroxylation sites is 6. The molecule has 15 rings (SSSR count). The van der Waals surface area contributed by atoms with E-state index in [9.17, 15) is 0 Å². The molecular formula is C70H46N2O3. The first-order valence-electron chi connectivity index (χ1n) is 25.6. The molecule has 5 heteroatoms. The van der Waals surface area contributed by atoms with Crippen molar-refractivity contribution in [2.45, 2.75) is 13.8 Å². The standard InChI is InChI=1S/C70H46N2O3/c1-43-17-9-11-23-51(43)55-25-13-27-57-59-29-15-31-61(69(59)74-67(55)57)71(47-19-5-3-6-20-47)49-35-37-53-45(41-49)33-39-63-65(53)66-54-38-36-50(42-46(54)34-40-64(66)73-63)72(48-21-7-4-8-22-48)62-32-16-30-60-58-28-14-26-56(68(58)75-70(60)62)52-24-12-10-18-44(52)2/h3-42H,1-2H3. The number of hydrogen-bond donors (Lipinski definition) is 0. The number of nitrogens with zero attached hydrogens (tertiary/aromatic N) is 2. The van der Waals surface area contributed by atoms with Gasteiger partial charge >= 0.3 is 0 Å². The summed E-state index contributed by atoms with van der Waals surface area (Å²) in [5.41, 5.74) is 18.1. The molecule has 5 nitrogen and oxygen atoms in total. The number of aryl methyl sites for hydroxylation is 2. The van der Waals surface area contributed by atoms with Crippen LogP contribution in [0.4, 0.5) is 34.1 Å². The summed E-state index contributed by atoms with van der Waals surface area (Å²) in [7, 11) is 0. The Hall–Kier alpha value is -9.84. The third-order valence-corrected chi connectivity index (χ3v) is 15.3. The third-order valence-electron chi connectivity index (χ3n) is 15.3. The lowest BCUT2D eigenvalue weighted by molar-refractivity contribution is 0.669. The molecular weight excluding hydrogens is 917 g/mol. The molecule has 15 aromatic rings. The number of rotatable bonds is 8. The molecule has 75 heavy (non-hydrogen) atoms. The van der Waals surface area contributed by atoms with Crippen molar-refractivity contribution in [1.82, 2.24) is 0 Å². The second-order valence-corrected chi connectivity index (χ2v) is 19.6. The van der Waals surface area contributed by atoms with E-state index in [1.165, 1.54) is 22.3 Å². The van der Waals surface area contributed by atoms with Gasteiger partial charge in [-0.1, -0.05) is 170 Å². The molecule has 0 unspecified atom stereocenters. The number of benzene rings is 12. The molecule has 0 radical (unpaired) electrons. The second-order valence-electron chi connectivity index (χ2n) is 19.6. The van der Waals surface area contributed by atoms with E-state index in [1.807, 2.05) is 0 Å². The predicted molar refractivity (Wildman–Crippen MR) is 313 cm³/mol. The fourth-order valence-corrected chi connectivity index (χ4v) is 11.8. The fourth-order valence-electron chi connectivity index (χ4n) is 11.8.